The molecule has 0 spiro atoms. The smallest absolute Gasteiger partial charge is 0.241 e. The standard InChI is InChI=1S/C15H24ClN3O2/c1-10-15(16)11(2)19(18-10)8-14(21)17-13-7-5-3-4-6-12(13)9-20/h12-13,20H,3-9H2,1-2H3,(H,17,21). The molecule has 1 aliphatic carbocycles. The van der Waals surface area contributed by atoms with Crippen LogP contribution in [-0.4, -0.2) is 33.4 Å². The summed E-state index contributed by atoms with van der Waals surface area (Å²) in [4.78, 5) is 12.2. The molecule has 0 aliphatic heterocycles. The van der Waals surface area contributed by atoms with Crippen LogP contribution in [0.15, 0.2) is 0 Å². The fourth-order valence-corrected chi connectivity index (χ4v) is 3.15. The highest BCUT2D eigenvalue weighted by Crippen LogP contribution is 2.23. The van der Waals surface area contributed by atoms with Crippen LogP contribution < -0.4 is 5.32 Å². The van der Waals surface area contributed by atoms with E-state index in [-0.39, 0.29) is 31.0 Å². The molecule has 2 unspecified atom stereocenters. The number of hydrogen-bond acceptors (Lipinski definition) is 3. The van der Waals surface area contributed by atoms with Gasteiger partial charge in [-0.25, -0.2) is 0 Å². The zero-order valence-electron chi connectivity index (χ0n) is 12.7. The second-order valence-electron chi connectivity index (χ2n) is 5.90. The van der Waals surface area contributed by atoms with Crippen LogP contribution in [0.25, 0.3) is 0 Å². The van der Waals surface area contributed by atoms with Crippen molar-refractivity contribution in [3.8, 4) is 0 Å². The molecule has 2 rings (SSSR count). The van der Waals surface area contributed by atoms with E-state index in [1.807, 2.05) is 13.8 Å². The molecule has 1 amide bonds. The molecule has 1 aliphatic rings. The van der Waals surface area contributed by atoms with E-state index in [0.717, 1.165) is 37.1 Å². The lowest BCUT2D eigenvalue weighted by atomic mass is 9.95. The lowest BCUT2D eigenvalue weighted by Gasteiger charge is -2.24. The zero-order valence-corrected chi connectivity index (χ0v) is 13.5. The van der Waals surface area contributed by atoms with E-state index in [9.17, 15) is 9.90 Å². The van der Waals surface area contributed by atoms with Crippen LogP contribution in [0.3, 0.4) is 0 Å². The molecule has 0 saturated heterocycles. The van der Waals surface area contributed by atoms with E-state index in [1.165, 1.54) is 6.42 Å². The van der Waals surface area contributed by atoms with E-state index in [1.54, 1.807) is 4.68 Å². The fraction of sp³-hybridized carbons (Fsp3) is 0.733. The predicted molar refractivity (Wildman–Crippen MR) is 82.3 cm³/mol. The monoisotopic (exact) mass is 313 g/mol. The first kappa shape index (κ1) is 16.3. The minimum absolute atomic E-state index is 0.0670. The summed E-state index contributed by atoms with van der Waals surface area (Å²) in [6.45, 7) is 4.00. The molecule has 1 fully saturated rings. The molecule has 0 aromatic carbocycles. The second kappa shape index (κ2) is 7.27. The molecule has 0 radical (unpaired) electrons. The van der Waals surface area contributed by atoms with Gasteiger partial charge in [0.2, 0.25) is 5.91 Å². The van der Waals surface area contributed by atoms with Crippen molar-refractivity contribution >= 4 is 17.5 Å². The number of carbonyl (C=O) groups excluding carboxylic acids is 1. The van der Waals surface area contributed by atoms with Crippen LogP contribution in [0.5, 0.6) is 0 Å². The normalized spacial score (nSPS) is 22.9. The van der Waals surface area contributed by atoms with E-state index in [4.69, 9.17) is 11.6 Å². The van der Waals surface area contributed by atoms with Gasteiger partial charge in [0.15, 0.2) is 0 Å². The van der Waals surface area contributed by atoms with Gasteiger partial charge in [-0.05, 0) is 26.7 Å². The molecular formula is C15H24ClN3O2. The summed E-state index contributed by atoms with van der Waals surface area (Å²) in [5.41, 5.74) is 1.55. The third-order valence-electron chi connectivity index (χ3n) is 4.33. The van der Waals surface area contributed by atoms with Crippen LogP contribution in [0.4, 0.5) is 0 Å². The molecule has 1 aromatic heterocycles. The van der Waals surface area contributed by atoms with Crippen molar-refractivity contribution in [2.24, 2.45) is 5.92 Å². The number of nitrogens with zero attached hydrogens (tertiary/aromatic N) is 2. The quantitative estimate of drug-likeness (QED) is 0.838. The highest BCUT2D eigenvalue weighted by Gasteiger charge is 2.25. The number of aliphatic hydroxyl groups excluding tert-OH is 1. The lowest BCUT2D eigenvalue weighted by molar-refractivity contribution is -0.123. The Morgan fingerprint density at radius 2 is 2.10 bits per heavy atom. The largest absolute Gasteiger partial charge is 0.396 e. The number of aromatic nitrogens is 2. The van der Waals surface area contributed by atoms with Crippen LogP contribution >= 0.6 is 11.6 Å². The minimum Gasteiger partial charge on any atom is -0.396 e. The molecule has 118 valence electrons. The Morgan fingerprint density at radius 3 is 2.71 bits per heavy atom. The molecule has 1 heterocycles. The number of hydrogen-bond donors (Lipinski definition) is 2. The van der Waals surface area contributed by atoms with Crippen molar-refractivity contribution < 1.29 is 9.90 Å². The van der Waals surface area contributed by atoms with Gasteiger partial charge < -0.3 is 10.4 Å². The molecule has 5 nitrogen and oxygen atoms in total. The summed E-state index contributed by atoms with van der Waals surface area (Å²) in [7, 11) is 0. The first-order chi connectivity index (χ1) is 10.0. The van der Waals surface area contributed by atoms with Crippen LogP contribution in [0, 0.1) is 19.8 Å². The van der Waals surface area contributed by atoms with Crippen molar-refractivity contribution in [2.45, 2.75) is 58.5 Å². The predicted octanol–water partition coefficient (Wildman–Crippen LogP) is 2.21. The van der Waals surface area contributed by atoms with Crippen LogP contribution in [0.1, 0.15) is 43.5 Å². The van der Waals surface area contributed by atoms with Gasteiger partial charge in [-0.3, -0.25) is 9.48 Å². The number of amides is 1. The van der Waals surface area contributed by atoms with Gasteiger partial charge in [0.1, 0.15) is 6.54 Å². The van der Waals surface area contributed by atoms with Crippen LogP contribution in [0.2, 0.25) is 5.02 Å². The summed E-state index contributed by atoms with van der Waals surface area (Å²) < 4.78 is 1.64. The molecule has 6 heteroatoms. The number of halogens is 1. The summed E-state index contributed by atoms with van der Waals surface area (Å²) in [6.07, 6.45) is 5.33. The van der Waals surface area contributed by atoms with Gasteiger partial charge in [0.25, 0.3) is 0 Å². The zero-order chi connectivity index (χ0) is 15.4. The van der Waals surface area contributed by atoms with Crippen molar-refractivity contribution in [2.75, 3.05) is 6.61 Å². The van der Waals surface area contributed by atoms with E-state index in [2.05, 4.69) is 10.4 Å². The lowest BCUT2D eigenvalue weighted by Crippen LogP contribution is -2.42. The van der Waals surface area contributed by atoms with Crippen molar-refractivity contribution in [1.29, 1.82) is 0 Å². The average Bonchev–Trinajstić information content (AvgIpc) is 2.64. The topological polar surface area (TPSA) is 67.2 Å². The maximum atomic E-state index is 12.2. The van der Waals surface area contributed by atoms with Crippen LogP contribution in [-0.2, 0) is 11.3 Å². The molecular weight excluding hydrogens is 290 g/mol. The Balaban J connectivity index is 1.98. The minimum atomic E-state index is -0.0670. The maximum Gasteiger partial charge on any atom is 0.241 e. The van der Waals surface area contributed by atoms with Gasteiger partial charge in [-0.2, -0.15) is 5.10 Å². The number of carbonyl (C=O) groups is 1. The van der Waals surface area contributed by atoms with Gasteiger partial charge in [-0.1, -0.05) is 30.9 Å². The van der Waals surface area contributed by atoms with Gasteiger partial charge in [0, 0.05) is 18.6 Å². The third-order valence-corrected chi connectivity index (χ3v) is 4.87. The Bertz CT molecular complexity index is 501. The second-order valence-corrected chi connectivity index (χ2v) is 6.28. The first-order valence-corrected chi connectivity index (χ1v) is 8.00. The summed E-state index contributed by atoms with van der Waals surface area (Å²) in [6, 6.07) is 0.0671. The van der Waals surface area contributed by atoms with E-state index in [0.29, 0.717) is 5.02 Å². The average molecular weight is 314 g/mol. The highest BCUT2D eigenvalue weighted by molar-refractivity contribution is 6.31. The molecule has 1 saturated carbocycles. The first-order valence-electron chi connectivity index (χ1n) is 7.62. The molecule has 2 N–H and O–H groups in total. The Labute approximate surface area is 130 Å². The van der Waals surface area contributed by atoms with Crippen molar-refractivity contribution in [3.05, 3.63) is 16.4 Å². The number of aryl methyl sites for hydroxylation is 1. The molecule has 1 aromatic rings. The van der Waals surface area contributed by atoms with E-state index < -0.39 is 0 Å². The van der Waals surface area contributed by atoms with Crippen molar-refractivity contribution in [3.63, 3.8) is 0 Å². The van der Waals surface area contributed by atoms with Gasteiger partial charge in [0.05, 0.1) is 16.4 Å². The van der Waals surface area contributed by atoms with Crippen molar-refractivity contribution in [1.82, 2.24) is 15.1 Å². The van der Waals surface area contributed by atoms with E-state index >= 15 is 0 Å². The molecule has 21 heavy (non-hydrogen) atoms. The van der Waals surface area contributed by atoms with Gasteiger partial charge >= 0.3 is 0 Å². The summed E-state index contributed by atoms with van der Waals surface area (Å²) in [5.74, 6) is 0.100. The fourth-order valence-electron chi connectivity index (χ4n) is 3.01. The molecule has 0 bridgehead atoms. The number of nitrogens with one attached hydrogen (secondary N) is 1. The molecule has 2 atom stereocenters. The van der Waals surface area contributed by atoms with Gasteiger partial charge in [-0.15, -0.1) is 0 Å². The Hall–Kier alpha value is -1.07. The summed E-state index contributed by atoms with van der Waals surface area (Å²) >= 11 is 6.09. The SMILES string of the molecule is Cc1nn(CC(=O)NC2CCCCCC2CO)c(C)c1Cl. The third kappa shape index (κ3) is 3.98. The Kier molecular flexibility index (Phi) is 5.65. The Morgan fingerprint density at radius 1 is 1.38 bits per heavy atom. The number of aliphatic hydroxyl groups is 1. The summed E-state index contributed by atoms with van der Waals surface area (Å²) in [5, 5.41) is 17.4. The highest BCUT2D eigenvalue weighted by atomic mass is 35.5. The maximum absolute atomic E-state index is 12.2. The number of rotatable bonds is 4.